The van der Waals surface area contributed by atoms with E-state index in [2.05, 4.69) is 0 Å². The Morgan fingerprint density at radius 2 is 1.73 bits per heavy atom. The molecule has 0 bridgehead atoms. The molecule has 2 aromatic carbocycles. The van der Waals surface area contributed by atoms with Crippen LogP contribution < -0.4 is 10.3 Å². The number of aryl methyl sites for hydroxylation is 2. The standard InChI is InChI=1S/C24H22N2O2S2/c27-23-21-19-13-7-8-14-20(19)30-22(21)25-24(26(23)17-9-3-1-4-10-17)29-16-15-28-18-11-5-2-6-12-18/h1-6,9-12H,7-8,13-16H2. The zero-order valence-electron chi connectivity index (χ0n) is 16.5. The van der Waals surface area contributed by atoms with Crippen LogP contribution in [0, 0.1) is 0 Å². The van der Waals surface area contributed by atoms with Gasteiger partial charge >= 0.3 is 0 Å². The number of nitrogens with zero attached hydrogens (tertiary/aromatic N) is 2. The van der Waals surface area contributed by atoms with E-state index >= 15 is 0 Å². The fourth-order valence-corrected chi connectivity index (χ4v) is 6.03. The second-order valence-electron chi connectivity index (χ2n) is 7.27. The predicted octanol–water partition coefficient (Wildman–Crippen LogP) is 5.50. The maximum Gasteiger partial charge on any atom is 0.267 e. The molecule has 0 aliphatic heterocycles. The van der Waals surface area contributed by atoms with Gasteiger partial charge in [0.25, 0.3) is 5.56 Å². The molecule has 0 radical (unpaired) electrons. The molecule has 0 N–H and O–H groups in total. The fourth-order valence-electron chi connectivity index (χ4n) is 3.90. The molecule has 152 valence electrons. The van der Waals surface area contributed by atoms with E-state index in [0.29, 0.717) is 12.4 Å². The lowest BCUT2D eigenvalue weighted by molar-refractivity contribution is 0.344. The first-order chi connectivity index (χ1) is 14.8. The molecule has 6 heteroatoms. The third-order valence-electron chi connectivity index (χ3n) is 5.30. The summed E-state index contributed by atoms with van der Waals surface area (Å²) in [6.45, 7) is 0.554. The average Bonchev–Trinajstić information content (AvgIpc) is 3.17. The first kappa shape index (κ1) is 19.4. The number of fused-ring (bicyclic) bond motifs is 3. The van der Waals surface area contributed by atoms with Crippen LogP contribution in [-0.2, 0) is 12.8 Å². The number of hydrogen-bond acceptors (Lipinski definition) is 5. The Bertz CT molecular complexity index is 1220. The molecule has 0 saturated heterocycles. The van der Waals surface area contributed by atoms with Crippen molar-refractivity contribution in [1.82, 2.24) is 9.55 Å². The van der Waals surface area contributed by atoms with Crippen molar-refractivity contribution < 1.29 is 4.74 Å². The lowest BCUT2D eigenvalue weighted by Gasteiger charge is -2.13. The number of benzene rings is 2. The van der Waals surface area contributed by atoms with Crippen LogP contribution in [-0.4, -0.2) is 21.9 Å². The van der Waals surface area contributed by atoms with E-state index in [4.69, 9.17) is 9.72 Å². The molecule has 1 aliphatic rings. The van der Waals surface area contributed by atoms with Gasteiger partial charge in [0, 0.05) is 10.6 Å². The molecular weight excluding hydrogens is 412 g/mol. The van der Waals surface area contributed by atoms with Crippen molar-refractivity contribution in [3.05, 3.63) is 81.5 Å². The Labute approximate surface area is 183 Å². The topological polar surface area (TPSA) is 44.1 Å². The summed E-state index contributed by atoms with van der Waals surface area (Å²) in [6.07, 6.45) is 4.40. The van der Waals surface area contributed by atoms with Crippen molar-refractivity contribution in [2.75, 3.05) is 12.4 Å². The van der Waals surface area contributed by atoms with Gasteiger partial charge in [-0.1, -0.05) is 48.2 Å². The van der Waals surface area contributed by atoms with Crippen molar-refractivity contribution in [1.29, 1.82) is 0 Å². The van der Waals surface area contributed by atoms with E-state index in [1.165, 1.54) is 16.9 Å². The van der Waals surface area contributed by atoms with Crippen LogP contribution in [0.2, 0.25) is 0 Å². The van der Waals surface area contributed by atoms with Crippen LogP contribution in [0.3, 0.4) is 0 Å². The highest BCUT2D eigenvalue weighted by atomic mass is 32.2. The Kier molecular flexibility index (Phi) is 5.60. The summed E-state index contributed by atoms with van der Waals surface area (Å²) in [7, 11) is 0. The number of thioether (sulfide) groups is 1. The Morgan fingerprint density at radius 1 is 1.00 bits per heavy atom. The van der Waals surface area contributed by atoms with Crippen molar-refractivity contribution in [3.8, 4) is 11.4 Å². The van der Waals surface area contributed by atoms with Gasteiger partial charge in [-0.2, -0.15) is 0 Å². The Balaban J connectivity index is 1.50. The van der Waals surface area contributed by atoms with E-state index in [1.54, 1.807) is 27.7 Å². The van der Waals surface area contributed by atoms with Gasteiger partial charge in [-0.15, -0.1) is 11.3 Å². The number of para-hydroxylation sites is 2. The minimum Gasteiger partial charge on any atom is -0.493 e. The highest BCUT2D eigenvalue weighted by Gasteiger charge is 2.22. The molecule has 0 atom stereocenters. The lowest BCUT2D eigenvalue weighted by Crippen LogP contribution is -2.22. The van der Waals surface area contributed by atoms with E-state index in [-0.39, 0.29) is 5.56 Å². The van der Waals surface area contributed by atoms with Gasteiger partial charge in [-0.05, 0) is 55.5 Å². The molecule has 30 heavy (non-hydrogen) atoms. The van der Waals surface area contributed by atoms with Crippen molar-refractivity contribution >= 4 is 33.3 Å². The highest BCUT2D eigenvalue weighted by molar-refractivity contribution is 7.99. The summed E-state index contributed by atoms with van der Waals surface area (Å²) in [5, 5.41) is 1.55. The van der Waals surface area contributed by atoms with Crippen molar-refractivity contribution in [2.24, 2.45) is 0 Å². The van der Waals surface area contributed by atoms with E-state index in [0.717, 1.165) is 46.1 Å². The maximum absolute atomic E-state index is 13.6. The Morgan fingerprint density at radius 3 is 2.53 bits per heavy atom. The van der Waals surface area contributed by atoms with Crippen molar-refractivity contribution in [3.63, 3.8) is 0 Å². The zero-order chi connectivity index (χ0) is 20.3. The minimum atomic E-state index is 0.0528. The molecular formula is C24H22N2O2S2. The first-order valence-electron chi connectivity index (χ1n) is 10.2. The molecule has 0 spiro atoms. The monoisotopic (exact) mass is 434 g/mol. The van der Waals surface area contributed by atoms with Crippen molar-refractivity contribution in [2.45, 2.75) is 30.8 Å². The second-order valence-corrected chi connectivity index (χ2v) is 9.42. The molecule has 0 unspecified atom stereocenters. The molecule has 2 aromatic heterocycles. The minimum absolute atomic E-state index is 0.0528. The fraction of sp³-hybridized carbons (Fsp3) is 0.250. The van der Waals surface area contributed by atoms with Gasteiger partial charge in [-0.3, -0.25) is 9.36 Å². The average molecular weight is 435 g/mol. The number of hydrogen-bond donors (Lipinski definition) is 0. The van der Waals surface area contributed by atoms with Gasteiger partial charge in [0.2, 0.25) is 0 Å². The van der Waals surface area contributed by atoms with Crippen LogP contribution in [0.1, 0.15) is 23.3 Å². The van der Waals surface area contributed by atoms with E-state index in [9.17, 15) is 4.79 Å². The third kappa shape index (κ3) is 3.77. The number of ether oxygens (including phenoxy) is 1. The molecule has 4 nitrogen and oxygen atoms in total. The summed E-state index contributed by atoms with van der Waals surface area (Å²) in [6, 6.07) is 19.6. The highest BCUT2D eigenvalue weighted by Crippen LogP contribution is 2.35. The van der Waals surface area contributed by atoms with Gasteiger partial charge < -0.3 is 4.74 Å². The molecule has 4 aromatic rings. The maximum atomic E-state index is 13.6. The molecule has 0 amide bonds. The van der Waals surface area contributed by atoms with Crippen LogP contribution in [0.5, 0.6) is 5.75 Å². The van der Waals surface area contributed by atoms with E-state index < -0.39 is 0 Å². The van der Waals surface area contributed by atoms with Gasteiger partial charge in [0.05, 0.1) is 17.7 Å². The summed E-state index contributed by atoms with van der Waals surface area (Å²) in [5.74, 6) is 1.57. The normalized spacial score (nSPS) is 13.3. The SMILES string of the molecule is O=c1c2c3c(sc2nc(SCCOc2ccccc2)n1-c1ccccc1)CCCC3. The quantitative estimate of drug-likeness (QED) is 0.228. The third-order valence-corrected chi connectivity index (χ3v) is 7.39. The number of thiophene rings is 1. The Hall–Kier alpha value is -2.57. The molecule has 5 rings (SSSR count). The largest absolute Gasteiger partial charge is 0.493 e. The molecule has 0 fully saturated rings. The summed E-state index contributed by atoms with van der Waals surface area (Å²) >= 11 is 3.27. The predicted molar refractivity (Wildman–Crippen MR) is 125 cm³/mol. The lowest BCUT2D eigenvalue weighted by atomic mass is 9.97. The molecule has 1 aliphatic carbocycles. The van der Waals surface area contributed by atoms with Crippen LogP contribution in [0.4, 0.5) is 0 Å². The van der Waals surface area contributed by atoms with Gasteiger partial charge in [0.1, 0.15) is 10.6 Å². The van der Waals surface area contributed by atoms with Gasteiger partial charge in [-0.25, -0.2) is 4.98 Å². The molecule has 2 heterocycles. The summed E-state index contributed by atoms with van der Waals surface area (Å²) in [5.41, 5.74) is 2.14. The second kappa shape index (κ2) is 8.66. The van der Waals surface area contributed by atoms with Crippen LogP contribution in [0.25, 0.3) is 15.9 Å². The molecule has 0 saturated carbocycles. The van der Waals surface area contributed by atoms with Crippen LogP contribution in [0.15, 0.2) is 70.6 Å². The number of rotatable bonds is 6. The smallest absolute Gasteiger partial charge is 0.267 e. The zero-order valence-corrected chi connectivity index (χ0v) is 18.2. The number of aromatic nitrogens is 2. The van der Waals surface area contributed by atoms with Crippen LogP contribution >= 0.6 is 23.1 Å². The van der Waals surface area contributed by atoms with E-state index in [1.807, 2.05) is 60.7 Å². The van der Waals surface area contributed by atoms with Gasteiger partial charge in [0.15, 0.2) is 5.16 Å². The first-order valence-corrected chi connectivity index (χ1v) is 12.0. The summed E-state index contributed by atoms with van der Waals surface area (Å²) in [4.78, 5) is 20.8. The summed E-state index contributed by atoms with van der Waals surface area (Å²) < 4.78 is 7.60.